The van der Waals surface area contributed by atoms with E-state index in [9.17, 15) is 24.7 Å². The van der Waals surface area contributed by atoms with Gasteiger partial charge in [-0.25, -0.2) is 4.79 Å². The predicted molar refractivity (Wildman–Crippen MR) is 109 cm³/mol. The Morgan fingerprint density at radius 1 is 1.23 bits per heavy atom. The van der Waals surface area contributed by atoms with Crippen LogP contribution in [0.25, 0.3) is 0 Å². The third-order valence-corrected chi connectivity index (χ3v) is 5.52. The number of amides is 3. The first kappa shape index (κ1) is 23.0. The first-order chi connectivity index (χ1) is 14.6. The first-order valence-corrected chi connectivity index (χ1v) is 10.2. The summed E-state index contributed by atoms with van der Waals surface area (Å²) in [5.41, 5.74) is 0.0498. The van der Waals surface area contributed by atoms with E-state index < -0.39 is 35.7 Å². The second-order valence-corrected chi connectivity index (χ2v) is 8.61. The molecule has 0 bridgehead atoms. The minimum atomic E-state index is -1.31. The number of ether oxygens (including phenoxy) is 2. The lowest BCUT2D eigenvalue weighted by Crippen LogP contribution is -2.47. The molecule has 2 N–H and O–H groups in total. The van der Waals surface area contributed by atoms with Gasteiger partial charge in [0.2, 0.25) is 0 Å². The Morgan fingerprint density at radius 3 is 2.48 bits per heavy atom. The molecule has 2 unspecified atom stereocenters. The van der Waals surface area contributed by atoms with E-state index in [1.54, 1.807) is 11.0 Å². The fraction of sp³-hybridized carbons (Fsp3) is 0.571. The number of aliphatic hydroxyl groups is 1. The zero-order valence-corrected chi connectivity index (χ0v) is 18.2. The minimum Gasteiger partial charge on any atom is -0.494 e. The zero-order valence-electron chi connectivity index (χ0n) is 18.2. The Balaban J connectivity index is 1.63. The van der Waals surface area contributed by atoms with Gasteiger partial charge in [-0.3, -0.25) is 14.5 Å². The van der Waals surface area contributed by atoms with Crippen molar-refractivity contribution >= 4 is 17.9 Å². The normalized spacial score (nSPS) is 21.4. The van der Waals surface area contributed by atoms with E-state index in [1.165, 1.54) is 19.2 Å². The number of imide groups is 1. The molecule has 2 atom stereocenters. The standard InChI is InChI=1S/C21H29N3O7/c1-21(2,3)22(20(28)30-4)9-5-11-31-13-6-7-14-15(12-13)18(26)24(17(14)25)16-8-10-23(29)19(16)27/h6-7,12,16,19,27,29H,5,8-11H2,1-4H3. The molecule has 1 aromatic carbocycles. The number of hydrogen-bond donors (Lipinski definition) is 2. The topological polar surface area (TPSA) is 120 Å². The number of hydrogen-bond acceptors (Lipinski definition) is 8. The van der Waals surface area contributed by atoms with Crippen molar-refractivity contribution in [3.05, 3.63) is 29.3 Å². The second kappa shape index (κ2) is 8.81. The van der Waals surface area contributed by atoms with Crippen LogP contribution in [-0.2, 0) is 4.74 Å². The molecule has 3 rings (SSSR count). The largest absolute Gasteiger partial charge is 0.494 e. The number of fused-ring (bicyclic) bond motifs is 1. The molecule has 10 nitrogen and oxygen atoms in total. The van der Waals surface area contributed by atoms with Crippen LogP contribution in [0.15, 0.2) is 18.2 Å². The van der Waals surface area contributed by atoms with Crippen molar-refractivity contribution in [3.8, 4) is 5.75 Å². The Kier molecular flexibility index (Phi) is 6.54. The van der Waals surface area contributed by atoms with Gasteiger partial charge in [0.25, 0.3) is 11.8 Å². The molecule has 0 radical (unpaired) electrons. The van der Waals surface area contributed by atoms with Gasteiger partial charge in [-0.2, -0.15) is 5.06 Å². The van der Waals surface area contributed by atoms with Crippen molar-refractivity contribution in [1.82, 2.24) is 14.9 Å². The summed E-state index contributed by atoms with van der Waals surface area (Å²) < 4.78 is 10.6. The lowest BCUT2D eigenvalue weighted by atomic mass is 10.1. The van der Waals surface area contributed by atoms with E-state index >= 15 is 0 Å². The molecule has 170 valence electrons. The fourth-order valence-corrected chi connectivity index (χ4v) is 3.86. The van der Waals surface area contributed by atoms with E-state index in [-0.39, 0.29) is 24.1 Å². The number of aliphatic hydroxyl groups excluding tert-OH is 1. The third-order valence-electron chi connectivity index (χ3n) is 5.52. The molecule has 31 heavy (non-hydrogen) atoms. The molecule has 2 heterocycles. The maximum absolute atomic E-state index is 12.8. The summed E-state index contributed by atoms with van der Waals surface area (Å²) in [5.74, 6) is -0.586. The van der Waals surface area contributed by atoms with Crippen molar-refractivity contribution < 1.29 is 34.2 Å². The summed E-state index contributed by atoms with van der Waals surface area (Å²) in [5, 5.41) is 20.4. The number of nitrogens with zero attached hydrogens (tertiary/aromatic N) is 3. The Bertz CT molecular complexity index is 867. The molecule has 0 spiro atoms. The molecule has 0 aromatic heterocycles. The summed E-state index contributed by atoms with van der Waals surface area (Å²) in [6.07, 6.45) is -0.886. The molecule has 1 fully saturated rings. The molecule has 1 aromatic rings. The molecular formula is C21H29N3O7. The van der Waals surface area contributed by atoms with Gasteiger partial charge < -0.3 is 24.7 Å². The third kappa shape index (κ3) is 4.51. The van der Waals surface area contributed by atoms with Crippen LogP contribution >= 0.6 is 0 Å². The molecule has 0 aliphatic carbocycles. The highest BCUT2D eigenvalue weighted by atomic mass is 16.5. The number of benzene rings is 1. The highest BCUT2D eigenvalue weighted by molar-refractivity contribution is 6.21. The number of methoxy groups -OCH3 is 1. The maximum atomic E-state index is 12.8. The zero-order chi connectivity index (χ0) is 22.9. The van der Waals surface area contributed by atoms with Gasteiger partial charge in [0.1, 0.15) is 12.0 Å². The fourth-order valence-electron chi connectivity index (χ4n) is 3.86. The van der Waals surface area contributed by atoms with Crippen LogP contribution in [0.1, 0.15) is 54.3 Å². The summed E-state index contributed by atoms with van der Waals surface area (Å²) in [6, 6.07) is 3.84. The molecule has 10 heteroatoms. The van der Waals surface area contributed by atoms with Crippen LogP contribution in [0, 0.1) is 0 Å². The second-order valence-electron chi connectivity index (χ2n) is 8.61. The Morgan fingerprint density at radius 2 is 1.90 bits per heavy atom. The van der Waals surface area contributed by atoms with Crippen LogP contribution in [0.5, 0.6) is 5.75 Å². The van der Waals surface area contributed by atoms with Crippen LogP contribution in [-0.4, -0.2) is 87.7 Å². The van der Waals surface area contributed by atoms with Gasteiger partial charge in [-0.1, -0.05) is 0 Å². The van der Waals surface area contributed by atoms with Crippen molar-refractivity contribution in [3.63, 3.8) is 0 Å². The SMILES string of the molecule is COC(=O)N(CCCOc1ccc2c(c1)C(=O)N(C1CCN(O)C1O)C2=O)C(C)(C)C. The lowest BCUT2D eigenvalue weighted by molar-refractivity contribution is -0.179. The van der Waals surface area contributed by atoms with Gasteiger partial charge in [-0.15, -0.1) is 0 Å². The molecule has 3 amide bonds. The van der Waals surface area contributed by atoms with Gasteiger partial charge in [0, 0.05) is 18.6 Å². The van der Waals surface area contributed by atoms with E-state index in [1.807, 2.05) is 20.8 Å². The van der Waals surface area contributed by atoms with Crippen LogP contribution in [0.3, 0.4) is 0 Å². The maximum Gasteiger partial charge on any atom is 0.409 e. The first-order valence-electron chi connectivity index (χ1n) is 10.2. The van der Waals surface area contributed by atoms with Crippen LogP contribution in [0.4, 0.5) is 4.79 Å². The summed E-state index contributed by atoms with van der Waals surface area (Å²) in [6.45, 7) is 6.65. The van der Waals surface area contributed by atoms with Gasteiger partial charge >= 0.3 is 6.09 Å². The number of hydroxylamine groups is 2. The van der Waals surface area contributed by atoms with Gasteiger partial charge in [-0.05, 0) is 51.8 Å². The number of carbonyl (C=O) groups excluding carboxylic acids is 3. The summed E-state index contributed by atoms with van der Waals surface area (Å²) in [4.78, 5) is 40.1. The average molecular weight is 435 g/mol. The highest BCUT2D eigenvalue weighted by Crippen LogP contribution is 2.32. The monoisotopic (exact) mass is 435 g/mol. The van der Waals surface area contributed by atoms with E-state index in [4.69, 9.17) is 9.47 Å². The summed E-state index contributed by atoms with van der Waals surface area (Å²) in [7, 11) is 1.34. The average Bonchev–Trinajstić information content (AvgIpc) is 3.16. The predicted octanol–water partition coefficient (Wildman–Crippen LogP) is 1.70. The van der Waals surface area contributed by atoms with Crippen LogP contribution < -0.4 is 4.74 Å². The molecule has 0 saturated carbocycles. The van der Waals surface area contributed by atoms with E-state index in [0.717, 1.165) is 9.96 Å². The molecular weight excluding hydrogens is 406 g/mol. The quantitative estimate of drug-likeness (QED) is 0.512. The van der Waals surface area contributed by atoms with Crippen molar-refractivity contribution in [2.45, 2.75) is 51.4 Å². The smallest absolute Gasteiger partial charge is 0.409 e. The Labute approximate surface area is 180 Å². The van der Waals surface area contributed by atoms with Crippen molar-refractivity contribution in [1.29, 1.82) is 0 Å². The van der Waals surface area contributed by atoms with Gasteiger partial charge in [0.15, 0.2) is 0 Å². The molecule has 2 aliphatic rings. The van der Waals surface area contributed by atoms with E-state index in [0.29, 0.717) is 25.3 Å². The van der Waals surface area contributed by atoms with Gasteiger partial charge in [0.05, 0.1) is 30.9 Å². The Hall–Kier alpha value is -2.69. The lowest BCUT2D eigenvalue weighted by Gasteiger charge is -2.34. The van der Waals surface area contributed by atoms with Crippen molar-refractivity contribution in [2.75, 3.05) is 26.8 Å². The van der Waals surface area contributed by atoms with Crippen molar-refractivity contribution in [2.24, 2.45) is 0 Å². The molecule has 2 aliphatic heterocycles. The highest BCUT2D eigenvalue weighted by Gasteiger charge is 2.46. The number of carbonyl (C=O) groups is 3. The molecule has 1 saturated heterocycles. The van der Waals surface area contributed by atoms with E-state index in [2.05, 4.69) is 0 Å². The number of rotatable bonds is 6. The van der Waals surface area contributed by atoms with Crippen LogP contribution in [0.2, 0.25) is 0 Å². The summed E-state index contributed by atoms with van der Waals surface area (Å²) >= 11 is 0. The minimum absolute atomic E-state index is 0.171.